The summed E-state index contributed by atoms with van der Waals surface area (Å²) < 4.78 is 7.03. The number of thiazole rings is 1. The predicted octanol–water partition coefficient (Wildman–Crippen LogP) is 7.03. The Bertz CT molecular complexity index is 1220. The lowest BCUT2D eigenvalue weighted by atomic mass is 9.71. The molecule has 1 aromatic carbocycles. The Balaban J connectivity index is 1.94. The van der Waals surface area contributed by atoms with E-state index in [1.165, 1.54) is 5.57 Å². The van der Waals surface area contributed by atoms with Crippen molar-refractivity contribution in [3.05, 3.63) is 52.1 Å². The first-order chi connectivity index (χ1) is 18.3. The van der Waals surface area contributed by atoms with Crippen LogP contribution in [0.15, 0.2) is 41.5 Å². The van der Waals surface area contributed by atoms with Crippen LogP contribution in [0.3, 0.4) is 0 Å². The van der Waals surface area contributed by atoms with E-state index in [2.05, 4.69) is 18.0 Å². The third-order valence-corrected chi connectivity index (χ3v) is 8.97. The SMILES string of the molecule is CC(C)=CC[C@H]1C(=O)C(C)(C)[C@@H](O)CC(=O)O[C@H](c2ccc3sc(C)nc3c2)C/C=C(/C)CCC[C@H](C)[C@@H]1O. The Kier molecular flexibility index (Phi) is 10.7. The molecular formula is C32H45NO5S. The molecule has 1 aliphatic heterocycles. The van der Waals surface area contributed by atoms with Crippen LogP contribution in [-0.4, -0.2) is 39.2 Å². The van der Waals surface area contributed by atoms with Gasteiger partial charge in [-0.15, -0.1) is 11.3 Å². The number of Topliss-reactive ketones (excluding diaryl/α,β-unsaturated/α-hetero) is 1. The van der Waals surface area contributed by atoms with Crippen LogP contribution in [0.5, 0.6) is 0 Å². The van der Waals surface area contributed by atoms with E-state index in [1.54, 1.807) is 25.2 Å². The molecule has 1 aliphatic rings. The summed E-state index contributed by atoms with van der Waals surface area (Å²) in [4.78, 5) is 31.5. The molecule has 0 radical (unpaired) electrons. The van der Waals surface area contributed by atoms with Gasteiger partial charge in [-0.25, -0.2) is 4.98 Å². The topological polar surface area (TPSA) is 96.7 Å². The quantitative estimate of drug-likeness (QED) is 0.312. The van der Waals surface area contributed by atoms with Crippen LogP contribution in [0.4, 0.5) is 0 Å². The number of nitrogens with zero attached hydrogens (tertiary/aromatic N) is 1. The van der Waals surface area contributed by atoms with Gasteiger partial charge in [0, 0.05) is 12.3 Å². The first-order valence-electron chi connectivity index (χ1n) is 14.1. The average Bonchev–Trinajstić information content (AvgIpc) is 3.24. The Labute approximate surface area is 237 Å². The van der Waals surface area contributed by atoms with E-state index in [9.17, 15) is 19.8 Å². The molecule has 0 unspecified atom stereocenters. The summed E-state index contributed by atoms with van der Waals surface area (Å²) in [6.45, 7) is 13.3. The van der Waals surface area contributed by atoms with Gasteiger partial charge in [0.05, 0.1) is 39.3 Å². The molecule has 2 heterocycles. The van der Waals surface area contributed by atoms with Crippen molar-refractivity contribution >= 4 is 33.3 Å². The highest BCUT2D eigenvalue weighted by Gasteiger charge is 2.43. The average molecular weight is 556 g/mol. The number of aryl methyl sites for hydroxylation is 1. The monoisotopic (exact) mass is 555 g/mol. The summed E-state index contributed by atoms with van der Waals surface area (Å²) in [5.41, 5.74) is 2.75. The highest BCUT2D eigenvalue weighted by molar-refractivity contribution is 7.18. The zero-order valence-corrected chi connectivity index (χ0v) is 25.3. The van der Waals surface area contributed by atoms with Gasteiger partial charge >= 0.3 is 5.97 Å². The zero-order valence-electron chi connectivity index (χ0n) is 24.5. The minimum atomic E-state index is -1.25. The van der Waals surface area contributed by atoms with E-state index in [0.717, 1.165) is 45.6 Å². The molecule has 39 heavy (non-hydrogen) atoms. The molecule has 5 atom stereocenters. The van der Waals surface area contributed by atoms with Crippen LogP contribution >= 0.6 is 11.3 Å². The highest BCUT2D eigenvalue weighted by Crippen LogP contribution is 2.35. The van der Waals surface area contributed by atoms with Crippen LogP contribution in [0.25, 0.3) is 10.2 Å². The number of hydrogen-bond donors (Lipinski definition) is 2. The number of carbonyl (C=O) groups excluding carboxylic acids is 2. The van der Waals surface area contributed by atoms with Gasteiger partial charge in [-0.2, -0.15) is 0 Å². The van der Waals surface area contributed by atoms with Crippen LogP contribution in [-0.2, 0) is 14.3 Å². The number of carbonyl (C=O) groups is 2. The van der Waals surface area contributed by atoms with Crippen LogP contribution in [0, 0.1) is 24.2 Å². The first-order valence-corrected chi connectivity index (χ1v) is 14.9. The van der Waals surface area contributed by atoms with E-state index in [0.29, 0.717) is 12.8 Å². The molecule has 1 aromatic heterocycles. The van der Waals surface area contributed by atoms with E-state index in [4.69, 9.17) is 4.74 Å². The molecule has 0 fully saturated rings. The number of aliphatic hydroxyl groups is 2. The number of allylic oxidation sites excluding steroid dienone is 3. The number of hydrogen-bond acceptors (Lipinski definition) is 7. The van der Waals surface area contributed by atoms with E-state index in [-0.39, 0.29) is 18.1 Å². The standard InChI is InChI=1S/C32H45NO5S/c1-19(2)11-14-24-30(36)21(4)10-8-9-20(3)12-15-26(23-13-16-27-25(17-23)33-22(5)39-27)38-29(35)18-28(34)32(6,7)31(24)37/h11-13,16-17,21,24,26,28,30,34,36H,8-10,14-15,18H2,1-7H3/b20-12-/t21-,24+,26-,28-,30-/m0/s1. The zero-order chi connectivity index (χ0) is 28.9. The third kappa shape index (κ3) is 8.09. The van der Waals surface area contributed by atoms with Crippen molar-refractivity contribution in [2.45, 2.75) is 105 Å². The second-order valence-electron chi connectivity index (χ2n) is 12.0. The van der Waals surface area contributed by atoms with Gasteiger partial charge in [0.25, 0.3) is 0 Å². The summed E-state index contributed by atoms with van der Waals surface area (Å²) in [6.07, 6.45) is 4.59. The van der Waals surface area contributed by atoms with Gasteiger partial charge in [0.1, 0.15) is 11.9 Å². The number of esters is 1. The van der Waals surface area contributed by atoms with Gasteiger partial charge in [-0.1, -0.05) is 50.1 Å². The number of rotatable bonds is 3. The van der Waals surface area contributed by atoms with Crippen molar-refractivity contribution < 1.29 is 24.5 Å². The number of benzene rings is 1. The Morgan fingerprint density at radius 2 is 1.92 bits per heavy atom. The number of ether oxygens (including phenoxy) is 1. The lowest BCUT2D eigenvalue weighted by Gasteiger charge is -2.35. The third-order valence-electron chi connectivity index (χ3n) is 8.02. The first kappa shape index (κ1) is 31.2. The Morgan fingerprint density at radius 1 is 1.21 bits per heavy atom. The summed E-state index contributed by atoms with van der Waals surface area (Å²) in [5.74, 6) is -1.54. The second kappa shape index (κ2) is 13.3. The fraction of sp³-hybridized carbons (Fsp3) is 0.594. The maximum atomic E-state index is 13.8. The molecule has 0 aliphatic carbocycles. The van der Waals surface area contributed by atoms with E-state index in [1.807, 2.05) is 52.0 Å². The van der Waals surface area contributed by atoms with E-state index >= 15 is 0 Å². The Hall–Kier alpha value is -2.35. The smallest absolute Gasteiger partial charge is 0.309 e. The fourth-order valence-electron chi connectivity index (χ4n) is 5.22. The lowest BCUT2D eigenvalue weighted by Crippen LogP contribution is -2.46. The predicted molar refractivity (Wildman–Crippen MR) is 158 cm³/mol. The molecule has 0 amide bonds. The molecule has 2 N–H and O–H groups in total. The van der Waals surface area contributed by atoms with E-state index < -0.39 is 35.6 Å². The number of aliphatic hydroxyl groups excluding tert-OH is 2. The van der Waals surface area contributed by atoms with Gasteiger partial charge < -0.3 is 14.9 Å². The van der Waals surface area contributed by atoms with Gasteiger partial charge in [-0.3, -0.25) is 9.59 Å². The second-order valence-corrected chi connectivity index (χ2v) is 13.2. The molecule has 6 nitrogen and oxygen atoms in total. The number of aromatic nitrogens is 1. The van der Waals surface area contributed by atoms with Gasteiger partial charge in [0.2, 0.25) is 0 Å². The van der Waals surface area contributed by atoms with Crippen molar-refractivity contribution in [3.63, 3.8) is 0 Å². The lowest BCUT2D eigenvalue weighted by molar-refractivity contribution is -0.156. The van der Waals surface area contributed by atoms with Crippen LogP contribution in [0.2, 0.25) is 0 Å². The van der Waals surface area contributed by atoms with Gasteiger partial charge in [0.15, 0.2) is 0 Å². The maximum Gasteiger partial charge on any atom is 0.309 e. The molecule has 3 rings (SSSR count). The van der Waals surface area contributed by atoms with Gasteiger partial charge in [-0.05, 0) is 77.0 Å². The molecule has 0 bridgehead atoms. The normalized spacial score (nSPS) is 28.9. The van der Waals surface area contributed by atoms with Crippen molar-refractivity contribution in [2.75, 3.05) is 0 Å². The molecule has 214 valence electrons. The summed E-state index contributed by atoms with van der Waals surface area (Å²) in [6, 6.07) is 5.95. The largest absolute Gasteiger partial charge is 0.457 e. The minimum Gasteiger partial charge on any atom is -0.457 e. The van der Waals surface area contributed by atoms with Crippen molar-refractivity contribution in [1.82, 2.24) is 4.98 Å². The number of ketones is 1. The van der Waals surface area contributed by atoms with Crippen molar-refractivity contribution in [3.8, 4) is 0 Å². The number of fused-ring (bicyclic) bond motifs is 1. The van der Waals surface area contributed by atoms with Crippen LogP contribution in [0.1, 0.15) is 96.7 Å². The van der Waals surface area contributed by atoms with Crippen molar-refractivity contribution in [1.29, 1.82) is 0 Å². The fourth-order valence-corrected chi connectivity index (χ4v) is 6.03. The van der Waals surface area contributed by atoms with Crippen LogP contribution < -0.4 is 0 Å². The molecule has 0 saturated heterocycles. The molecule has 7 heteroatoms. The highest BCUT2D eigenvalue weighted by atomic mass is 32.1. The summed E-state index contributed by atoms with van der Waals surface area (Å²) in [5, 5.41) is 23.4. The number of cyclic esters (lactones) is 1. The minimum absolute atomic E-state index is 0.0795. The summed E-state index contributed by atoms with van der Waals surface area (Å²) >= 11 is 1.62. The molecular weight excluding hydrogens is 510 g/mol. The molecule has 0 saturated carbocycles. The maximum absolute atomic E-state index is 13.8. The molecule has 0 spiro atoms. The summed E-state index contributed by atoms with van der Waals surface area (Å²) in [7, 11) is 0. The Morgan fingerprint density at radius 3 is 2.62 bits per heavy atom. The van der Waals surface area contributed by atoms with Crippen molar-refractivity contribution in [2.24, 2.45) is 17.3 Å². The molecule has 2 aromatic rings.